The van der Waals surface area contributed by atoms with Gasteiger partial charge in [-0.2, -0.15) is 0 Å². The summed E-state index contributed by atoms with van der Waals surface area (Å²) in [5.41, 5.74) is 2.99. The Labute approximate surface area is 160 Å². The first-order valence-electron chi connectivity index (χ1n) is 7.67. The Bertz CT molecular complexity index is 903. The molecule has 2 aromatic carbocycles. The molecular weight excluding hydrogens is 398 g/mol. The minimum atomic E-state index is 0. The third-order valence-electron chi connectivity index (χ3n) is 3.79. The van der Waals surface area contributed by atoms with E-state index in [0.29, 0.717) is 0 Å². The summed E-state index contributed by atoms with van der Waals surface area (Å²) in [4.78, 5) is 7.35. The van der Waals surface area contributed by atoms with Gasteiger partial charge in [-0.1, -0.05) is 52.4 Å². The number of halogens is 1. The largest absolute Gasteiger partial charge is 1.00 e. The lowest BCUT2D eigenvalue weighted by molar-refractivity contribution is -0.651. The zero-order valence-corrected chi connectivity index (χ0v) is 16.2. The van der Waals surface area contributed by atoms with Gasteiger partial charge in [0.2, 0.25) is 0 Å². The molecule has 0 unspecified atom stereocenters. The van der Waals surface area contributed by atoms with Crippen molar-refractivity contribution in [2.24, 2.45) is 0 Å². The van der Waals surface area contributed by atoms with E-state index in [2.05, 4.69) is 17.1 Å². The van der Waals surface area contributed by atoms with Crippen LogP contribution in [0.1, 0.15) is 10.6 Å². The molecule has 4 aromatic rings. The van der Waals surface area contributed by atoms with Gasteiger partial charge in [-0.25, -0.2) is 4.98 Å². The van der Waals surface area contributed by atoms with Gasteiger partial charge in [-0.15, -0.1) is 0 Å². The summed E-state index contributed by atoms with van der Waals surface area (Å²) < 4.78 is 1.85. The average molecular weight is 414 g/mol. The molecule has 0 radical (unpaired) electrons. The minimum absolute atomic E-state index is 0. The molecule has 0 aliphatic rings. The number of benzene rings is 2. The molecule has 7 heteroatoms. The Hall–Kier alpha value is -2.38. The number of hydrogen-bond acceptors (Lipinski definition) is 4. The molecule has 0 N–H and O–H groups in total. The van der Waals surface area contributed by atoms with Gasteiger partial charge >= 0.3 is 11.0 Å². The number of thiazole rings is 1. The molecule has 0 bridgehead atoms. The van der Waals surface area contributed by atoms with Crippen molar-refractivity contribution in [1.82, 2.24) is 20.1 Å². The summed E-state index contributed by atoms with van der Waals surface area (Å²) in [6, 6.07) is 20.1. The molecule has 2 heterocycles. The van der Waals surface area contributed by atoms with Crippen LogP contribution in [-0.4, -0.2) is 20.1 Å². The van der Waals surface area contributed by atoms with E-state index in [1.54, 1.807) is 16.1 Å². The standard InChI is InChI=1S/C18H16N5S.BrH/c1-13-14(2)24-18(19-13)23-20-17(15-9-5-3-6-10-15)22(21-23)16-11-7-4-8-12-16;/h3-12H,1-2H3;1H/q+1;/p-1. The minimum Gasteiger partial charge on any atom is -1.00 e. The Morgan fingerprint density at radius 2 is 1.56 bits per heavy atom. The number of aromatic nitrogens is 5. The van der Waals surface area contributed by atoms with Crippen molar-refractivity contribution in [2.75, 3.05) is 0 Å². The van der Waals surface area contributed by atoms with Crippen LogP contribution in [0.4, 0.5) is 0 Å². The van der Waals surface area contributed by atoms with E-state index in [-0.39, 0.29) is 17.0 Å². The van der Waals surface area contributed by atoms with Gasteiger partial charge in [-0.05, 0) is 38.1 Å². The molecule has 126 valence electrons. The van der Waals surface area contributed by atoms with E-state index in [9.17, 15) is 0 Å². The van der Waals surface area contributed by atoms with Crippen LogP contribution >= 0.6 is 11.3 Å². The van der Waals surface area contributed by atoms with Crippen molar-refractivity contribution < 1.29 is 21.7 Å². The number of tetrazole rings is 1. The van der Waals surface area contributed by atoms with E-state index in [1.807, 2.05) is 72.3 Å². The fourth-order valence-corrected chi connectivity index (χ4v) is 3.22. The van der Waals surface area contributed by atoms with Gasteiger partial charge in [0, 0.05) is 9.67 Å². The molecule has 0 saturated heterocycles. The first-order chi connectivity index (χ1) is 11.7. The first kappa shape index (κ1) is 17.4. The van der Waals surface area contributed by atoms with Gasteiger partial charge in [0.25, 0.3) is 0 Å². The van der Waals surface area contributed by atoms with Crippen LogP contribution in [0.5, 0.6) is 0 Å². The summed E-state index contributed by atoms with van der Waals surface area (Å²) in [5, 5.41) is 10.1. The summed E-state index contributed by atoms with van der Waals surface area (Å²) in [5.74, 6) is 0.785. The number of aryl methyl sites for hydroxylation is 2. The molecule has 2 aromatic heterocycles. The third-order valence-corrected chi connectivity index (χ3v) is 4.82. The summed E-state index contributed by atoms with van der Waals surface area (Å²) >= 11 is 1.59. The van der Waals surface area contributed by atoms with Crippen LogP contribution in [0.3, 0.4) is 0 Å². The van der Waals surface area contributed by atoms with Gasteiger partial charge in [-0.3, -0.25) is 0 Å². The Kier molecular flexibility index (Phi) is 5.06. The smallest absolute Gasteiger partial charge is 0.335 e. The van der Waals surface area contributed by atoms with E-state index in [0.717, 1.165) is 27.9 Å². The lowest BCUT2D eigenvalue weighted by atomic mass is 10.2. The topological polar surface area (TPSA) is 47.5 Å². The van der Waals surface area contributed by atoms with Gasteiger partial charge in [0.1, 0.15) is 5.69 Å². The molecule has 0 spiro atoms. The summed E-state index contributed by atoms with van der Waals surface area (Å²) in [6.45, 7) is 4.06. The summed E-state index contributed by atoms with van der Waals surface area (Å²) in [7, 11) is 0. The van der Waals surface area contributed by atoms with Crippen molar-refractivity contribution in [3.63, 3.8) is 0 Å². The molecule has 0 aliphatic heterocycles. The van der Waals surface area contributed by atoms with Crippen molar-refractivity contribution >= 4 is 11.3 Å². The predicted octanol–water partition coefficient (Wildman–Crippen LogP) is 0.288. The molecule has 5 nitrogen and oxygen atoms in total. The van der Waals surface area contributed by atoms with E-state index < -0.39 is 0 Å². The van der Waals surface area contributed by atoms with Crippen LogP contribution in [0.25, 0.3) is 22.2 Å². The van der Waals surface area contributed by atoms with Crippen molar-refractivity contribution in [2.45, 2.75) is 13.8 Å². The fourth-order valence-electron chi connectivity index (χ4n) is 2.41. The van der Waals surface area contributed by atoms with Gasteiger partial charge in [0.05, 0.1) is 21.6 Å². The van der Waals surface area contributed by atoms with Crippen LogP contribution in [0.2, 0.25) is 0 Å². The molecule has 0 amide bonds. The highest BCUT2D eigenvalue weighted by Gasteiger charge is 2.25. The van der Waals surface area contributed by atoms with Crippen LogP contribution in [0.15, 0.2) is 60.7 Å². The monoisotopic (exact) mass is 413 g/mol. The second-order valence-electron chi connectivity index (χ2n) is 5.45. The number of rotatable bonds is 3. The van der Waals surface area contributed by atoms with Gasteiger partial charge in [0.15, 0.2) is 0 Å². The normalized spacial score (nSPS) is 10.5. The Morgan fingerprint density at radius 1 is 0.920 bits per heavy atom. The van der Waals surface area contributed by atoms with E-state index in [1.165, 1.54) is 4.88 Å². The highest BCUT2D eigenvalue weighted by atomic mass is 79.9. The maximum absolute atomic E-state index is 4.70. The number of nitrogens with zero attached hydrogens (tertiary/aromatic N) is 5. The molecular formula is C18H16BrN5S. The maximum atomic E-state index is 4.70. The van der Waals surface area contributed by atoms with Crippen LogP contribution in [0, 0.1) is 13.8 Å². The average Bonchev–Trinajstić information content (AvgIpc) is 3.21. The van der Waals surface area contributed by atoms with E-state index in [4.69, 9.17) is 5.10 Å². The van der Waals surface area contributed by atoms with E-state index >= 15 is 0 Å². The quantitative estimate of drug-likeness (QED) is 0.453. The molecule has 4 rings (SSSR count). The molecule has 0 atom stereocenters. The van der Waals surface area contributed by atoms with Crippen molar-refractivity contribution in [3.8, 4) is 22.2 Å². The predicted molar refractivity (Wildman–Crippen MR) is 93.5 cm³/mol. The highest BCUT2D eigenvalue weighted by molar-refractivity contribution is 7.14. The first-order valence-corrected chi connectivity index (χ1v) is 8.49. The lowest BCUT2D eigenvalue weighted by Gasteiger charge is -1.96. The molecule has 25 heavy (non-hydrogen) atoms. The lowest BCUT2D eigenvalue weighted by Crippen LogP contribution is -3.00. The second kappa shape index (κ2) is 7.25. The molecule has 0 aliphatic carbocycles. The van der Waals surface area contributed by atoms with Gasteiger partial charge < -0.3 is 17.0 Å². The molecule has 0 fully saturated rings. The SMILES string of the molecule is Cc1nc(-n2nc(-c3ccccc3)[n+](-c3ccccc3)n2)sc1C.[Br-]. The summed E-state index contributed by atoms with van der Waals surface area (Å²) in [6.07, 6.45) is 0. The van der Waals surface area contributed by atoms with Crippen molar-refractivity contribution in [3.05, 3.63) is 71.2 Å². The number of para-hydroxylation sites is 1. The highest BCUT2D eigenvalue weighted by Crippen LogP contribution is 2.20. The number of hydrogen-bond donors (Lipinski definition) is 0. The van der Waals surface area contributed by atoms with Crippen LogP contribution < -0.4 is 21.7 Å². The zero-order chi connectivity index (χ0) is 16.5. The Morgan fingerprint density at radius 3 is 2.16 bits per heavy atom. The van der Waals surface area contributed by atoms with Crippen molar-refractivity contribution in [1.29, 1.82) is 0 Å². The molecule has 0 saturated carbocycles. The third kappa shape index (κ3) is 3.38. The maximum Gasteiger partial charge on any atom is 0.335 e. The zero-order valence-electron chi connectivity index (χ0n) is 13.8. The Balaban J connectivity index is 0.00000182. The second-order valence-corrected chi connectivity index (χ2v) is 6.64. The fraction of sp³-hybridized carbons (Fsp3) is 0.111. The van der Waals surface area contributed by atoms with Crippen LogP contribution in [-0.2, 0) is 0 Å².